The molecular formula is C10H20Si. The standard InChI is InChI=1S/C10H20Si/c1-3-11(2)9-7-5-4-6-8-10-11/h3H,1,4-10H2,2H3. The largest absolute Gasteiger partial charge is 0.107 e. The van der Waals surface area contributed by atoms with Crippen molar-refractivity contribution in [3.63, 3.8) is 0 Å². The predicted octanol–water partition coefficient (Wildman–Crippen LogP) is 3.75. The molecule has 0 aliphatic carbocycles. The molecule has 1 saturated heterocycles. The van der Waals surface area contributed by atoms with Gasteiger partial charge in [-0.15, -0.1) is 12.3 Å². The Kier molecular flexibility index (Phi) is 3.37. The highest BCUT2D eigenvalue weighted by molar-refractivity contribution is 6.83. The van der Waals surface area contributed by atoms with Crippen molar-refractivity contribution in [3.8, 4) is 0 Å². The third-order valence-corrected chi connectivity index (χ3v) is 6.97. The Morgan fingerprint density at radius 1 is 1.00 bits per heavy atom. The van der Waals surface area contributed by atoms with Gasteiger partial charge in [0.15, 0.2) is 0 Å². The highest BCUT2D eigenvalue weighted by atomic mass is 28.3. The van der Waals surface area contributed by atoms with E-state index in [-0.39, 0.29) is 0 Å². The minimum atomic E-state index is -0.929. The summed E-state index contributed by atoms with van der Waals surface area (Å²) in [7, 11) is -0.929. The lowest BCUT2D eigenvalue weighted by Gasteiger charge is -2.25. The molecule has 1 rings (SSSR count). The Balaban J connectivity index is 2.43. The third kappa shape index (κ3) is 2.82. The van der Waals surface area contributed by atoms with Crippen molar-refractivity contribution >= 4 is 8.07 Å². The molecule has 0 spiro atoms. The van der Waals surface area contributed by atoms with Crippen LogP contribution in [0, 0.1) is 0 Å². The van der Waals surface area contributed by atoms with E-state index in [1.54, 1.807) is 0 Å². The average molecular weight is 168 g/mol. The normalized spacial score (nSPS) is 25.2. The van der Waals surface area contributed by atoms with Gasteiger partial charge in [-0.05, 0) is 0 Å². The fourth-order valence-corrected chi connectivity index (χ4v) is 4.69. The van der Waals surface area contributed by atoms with E-state index in [1.165, 1.54) is 44.2 Å². The summed E-state index contributed by atoms with van der Waals surface area (Å²) in [6, 6.07) is 2.99. The SMILES string of the molecule is C=C[Si]1(C)CCCCCCC1. The van der Waals surface area contributed by atoms with E-state index >= 15 is 0 Å². The van der Waals surface area contributed by atoms with Crippen LogP contribution < -0.4 is 0 Å². The van der Waals surface area contributed by atoms with E-state index in [0.717, 1.165) is 0 Å². The molecule has 0 saturated carbocycles. The summed E-state index contributed by atoms with van der Waals surface area (Å²) in [5.41, 5.74) is 2.30. The number of hydrogen-bond acceptors (Lipinski definition) is 0. The van der Waals surface area contributed by atoms with Crippen molar-refractivity contribution in [3.05, 3.63) is 12.3 Å². The molecule has 0 N–H and O–H groups in total. The molecule has 11 heavy (non-hydrogen) atoms. The molecule has 1 heterocycles. The fourth-order valence-electron chi connectivity index (χ4n) is 1.92. The average Bonchev–Trinajstić information content (AvgIpc) is 1.98. The first kappa shape index (κ1) is 9.05. The molecule has 1 aliphatic heterocycles. The van der Waals surface area contributed by atoms with Gasteiger partial charge in [0.05, 0.1) is 8.07 Å². The Bertz CT molecular complexity index is 121. The first-order valence-corrected chi connectivity index (χ1v) is 7.90. The van der Waals surface area contributed by atoms with Gasteiger partial charge in [-0.3, -0.25) is 0 Å². The second kappa shape index (κ2) is 4.10. The minimum Gasteiger partial charge on any atom is -0.107 e. The lowest BCUT2D eigenvalue weighted by atomic mass is 10.2. The maximum absolute atomic E-state index is 3.99. The lowest BCUT2D eigenvalue weighted by Crippen LogP contribution is -2.27. The summed E-state index contributed by atoms with van der Waals surface area (Å²) in [6.07, 6.45) is 7.35. The van der Waals surface area contributed by atoms with Crippen LogP contribution in [-0.4, -0.2) is 8.07 Å². The Hall–Kier alpha value is -0.0431. The van der Waals surface area contributed by atoms with Gasteiger partial charge in [-0.2, -0.15) is 0 Å². The topological polar surface area (TPSA) is 0 Å². The van der Waals surface area contributed by atoms with Crippen molar-refractivity contribution in [1.29, 1.82) is 0 Å². The Labute approximate surface area is 71.7 Å². The monoisotopic (exact) mass is 168 g/mol. The van der Waals surface area contributed by atoms with E-state index in [4.69, 9.17) is 0 Å². The van der Waals surface area contributed by atoms with E-state index in [1.807, 2.05) is 0 Å². The van der Waals surface area contributed by atoms with Gasteiger partial charge in [0.25, 0.3) is 0 Å². The van der Waals surface area contributed by atoms with Gasteiger partial charge in [0.2, 0.25) is 0 Å². The summed E-state index contributed by atoms with van der Waals surface area (Å²) >= 11 is 0. The molecule has 0 atom stereocenters. The molecule has 1 heteroatoms. The second-order valence-corrected chi connectivity index (χ2v) is 8.84. The Morgan fingerprint density at radius 3 is 1.91 bits per heavy atom. The zero-order chi connectivity index (χ0) is 8.16. The predicted molar refractivity (Wildman–Crippen MR) is 54.5 cm³/mol. The van der Waals surface area contributed by atoms with Crippen LogP contribution in [0.25, 0.3) is 0 Å². The van der Waals surface area contributed by atoms with Crippen LogP contribution in [0.4, 0.5) is 0 Å². The van der Waals surface area contributed by atoms with Crippen LogP contribution in [-0.2, 0) is 0 Å². The van der Waals surface area contributed by atoms with E-state index in [0.29, 0.717) is 0 Å². The van der Waals surface area contributed by atoms with Crippen molar-refractivity contribution in [1.82, 2.24) is 0 Å². The number of rotatable bonds is 1. The summed E-state index contributed by atoms with van der Waals surface area (Å²) in [5.74, 6) is 0. The molecule has 1 aliphatic rings. The van der Waals surface area contributed by atoms with Gasteiger partial charge in [-0.1, -0.05) is 50.7 Å². The van der Waals surface area contributed by atoms with Gasteiger partial charge in [-0.25, -0.2) is 0 Å². The van der Waals surface area contributed by atoms with Crippen LogP contribution in [0.15, 0.2) is 12.3 Å². The summed E-state index contributed by atoms with van der Waals surface area (Å²) in [6.45, 7) is 6.48. The Morgan fingerprint density at radius 2 is 1.45 bits per heavy atom. The fraction of sp³-hybridized carbons (Fsp3) is 0.800. The number of hydrogen-bond donors (Lipinski definition) is 0. The van der Waals surface area contributed by atoms with Crippen molar-refractivity contribution < 1.29 is 0 Å². The molecule has 0 radical (unpaired) electrons. The van der Waals surface area contributed by atoms with Crippen LogP contribution in [0.3, 0.4) is 0 Å². The van der Waals surface area contributed by atoms with Crippen molar-refractivity contribution in [2.75, 3.05) is 0 Å². The van der Waals surface area contributed by atoms with Crippen LogP contribution in [0.2, 0.25) is 18.6 Å². The maximum atomic E-state index is 3.99. The van der Waals surface area contributed by atoms with E-state index < -0.39 is 8.07 Å². The smallest absolute Gasteiger partial charge is 0.0740 e. The zero-order valence-electron chi connectivity index (χ0n) is 7.73. The van der Waals surface area contributed by atoms with Gasteiger partial charge < -0.3 is 0 Å². The van der Waals surface area contributed by atoms with Crippen molar-refractivity contribution in [2.45, 2.75) is 50.7 Å². The van der Waals surface area contributed by atoms with Crippen LogP contribution in [0.5, 0.6) is 0 Å². The van der Waals surface area contributed by atoms with Gasteiger partial charge in [0.1, 0.15) is 0 Å². The van der Waals surface area contributed by atoms with Gasteiger partial charge in [0, 0.05) is 0 Å². The molecule has 1 fully saturated rings. The second-order valence-electron chi connectivity index (χ2n) is 4.13. The molecule has 0 amide bonds. The van der Waals surface area contributed by atoms with E-state index in [9.17, 15) is 0 Å². The maximum Gasteiger partial charge on any atom is 0.0740 e. The van der Waals surface area contributed by atoms with Crippen LogP contribution >= 0.6 is 0 Å². The molecule has 0 nitrogen and oxygen atoms in total. The van der Waals surface area contributed by atoms with Crippen molar-refractivity contribution in [2.24, 2.45) is 0 Å². The molecular weight excluding hydrogens is 148 g/mol. The molecule has 0 bridgehead atoms. The molecule has 0 unspecified atom stereocenters. The molecule has 0 aromatic carbocycles. The molecule has 64 valence electrons. The summed E-state index contributed by atoms with van der Waals surface area (Å²) < 4.78 is 0. The van der Waals surface area contributed by atoms with Crippen LogP contribution in [0.1, 0.15) is 32.1 Å². The highest BCUT2D eigenvalue weighted by Crippen LogP contribution is 2.26. The zero-order valence-corrected chi connectivity index (χ0v) is 8.73. The first-order valence-electron chi connectivity index (χ1n) is 4.90. The first-order chi connectivity index (χ1) is 5.27. The molecule has 0 aromatic rings. The quantitative estimate of drug-likeness (QED) is 0.523. The molecule has 0 aromatic heterocycles. The lowest BCUT2D eigenvalue weighted by molar-refractivity contribution is 0.632. The minimum absolute atomic E-state index is 0.929. The summed E-state index contributed by atoms with van der Waals surface area (Å²) in [4.78, 5) is 0. The van der Waals surface area contributed by atoms with E-state index in [2.05, 4.69) is 18.8 Å². The van der Waals surface area contributed by atoms with Gasteiger partial charge >= 0.3 is 0 Å². The third-order valence-electron chi connectivity index (χ3n) is 2.99. The highest BCUT2D eigenvalue weighted by Gasteiger charge is 2.22. The summed E-state index contributed by atoms with van der Waals surface area (Å²) in [5, 5.41) is 0.